The molecule has 6 aromatic carbocycles. The van der Waals surface area contributed by atoms with Gasteiger partial charge < -0.3 is 19.7 Å². The Morgan fingerprint density at radius 1 is 0.484 bits per heavy atom. The number of halogens is 1. The molecule has 334 valence electrons. The molecule has 8 bridgehead atoms. The lowest BCUT2D eigenvalue weighted by Gasteiger charge is -2.28. The van der Waals surface area contributed by atoms with E-state index in [2.05, 4.69) is 178 Å². The molecule has 0 aromatic heterocycles. The Hall–Kier alpha value is -5.08. The van der Waals surface area contributed by atoms with E-state index in [9.17, 15) is 15.0 Å². The monoisotopic (exact) mass is 968 g/mol. The Kier molecular flexibility index (Phi) is 13.0. The predicted octanol–water partition coefficient (Wildman–Crippen LogP) is 14.4. The van der Waals surface area contributed by atoms with Crippen molar-refractivity contribution in [2.45, 2.75) is 137 Å². The maximum atomic E-state index is 14.2. The van der Waals surface area contributed by atoms with Crippen molar-refractivity contribution in [2.24, 2.45) is 0 Å². The molecular weight excluding hydrogens is 904 g/mol. The summed E-state index contributed by atoms with van der Waals surface area (Å²) in [5, 5.41) is 24.9. The van der Waals surface area contributed by atoms with Crippen molar-refractivity contribution in [1.29, 1.82) is 0 Å². The molecule has 5 nitrogen and oxygen atoms in total. The first-order valence-corrected chi connectivity index (χ1v) is 23.6. The van der Waals surface area contributed by atoms with Crippen molar-refractivity contribution in [1.82, 2.24) is 0 Å². The zero-order valence-corrected chi connectivity index (χ0v) is 42.0. The van der Waals surface area contributed by atoms with Gasteiger partial charge in [0.25, 0.3) is 0 Å². The average molecular weight is 969 g/mol. The third-order valence-corrected chi connectivity index (χ3v) is 13.2. The van der Waals surface area contributed by atoms with E-state index in [0.717, 1.165) is 81.6 Å². The minimum Gasteiger partial charge on any atom is -0.507 e. The number of hydrogen-bond donors (Lipinski definition) is 2. The van der Waals surface area contributed by atoms with E-state index in [-0.39, 0.29) is 33.2 Å². The van der Waals surface area contributed by atoms with Gasteiger partial charge in [0, 0.05) is 40.4 Å². The van der Waals surface area contributed by atoms with Crippen molar-refractivity contribution < 1.29 is 24.5 Å². The maximum absolute atomic E-state index is 14.2. The zero-order chi connectivity index (χ0) is 46.5. The largest absolute Gasteiger partial charge is 0.507 e. The second-order valence-electron chi connectivity index (χ2n) is 21.9. The topological polar surface area (TPSA) is 76.0 Å². The van der Waals surface area contributed by atoms with Gasteiger partial charge in [-0.05, 0) is 130 Å². The van der Waals surface area contributed by atoms with Crippen LogP contribution < -0.4 is 9.47 Å². The molecule has 1 aliphatic rings. The van der Waals surface area contributed by atoms with Crippen LogP contribution in [0.5, 0.6) is 23.0 Å². The van der Waals surface area contributed by atoms with Crippen LogP contribution in [0.1, 0.15) is 166 Å². The number of ether oxygens (including phenoxy) is 2. The highest BCUT2D eigenvalue weighted by Crippen LogP contribution is 2.44. The second-order valence-corrected chi connectivity index (χ2v) is 23.2. The van der Waals surface area contributed by atoms with Crippen molar-refractivity contribution in [2.75, 3.05) is 0 Å². The van der Waals surface area contributed by atoms with Crippen molar-refractivity contribution in [3.05, 3.63) is 185 Å². The fourth-order valence-electron chi connectivity index (χ4n) is 8.42. The van der Waals surface area contributed by atoms with Gasteiger partial charge in [0.05, 0.1) is 5.56 Å². The molecular formula is C58H65IO5. The Morgan fingerprint density at radius 3 is 1.19 bits per heavy atom. The molecule has 0 radical (unpaired) electrons. The van der Waals surface area contributed by atoms with Crippen LogP contribution in [0.25, 0.3) is 0 Å². The average Bonchev–Trinajstić information content (AvgIpc) is 3.20. The second kappa shape index (κ2) is 17.7. The summed E-state index contributed by atoms with van der Waals surface area (Å²) < 4.78 is 14.8. The molecule has 7 rings (SSSR count). The number of hydrogen-bond acceptors (Lipinski definition) is 5. The first kappa shape index (κ1) is 46.9. The molecule has 64 heavy (non-hydrogen) atoms. The number of phenolic OH excluding ortho intramolecular Hbond substituents is 2. The molecule has 0 heterocycles. The quantitative estimate of drug-likeness (QED) is 0.102. The summed E-state index contributed by atoms with van der Waals surface area (Å²) in [5.41, 5.74) is 11.5. The Balaban J connectivity index is 1.59. The van der Waals surface area contributed by atoms with Gasteiger partial charge in [-0.25, -0.2) is 4.79 Å². The number of esters is 1. The molecule has 0 unspecified atom stereocenters. The summed E-state index contributed by atoms with van der Waals surface area (Å²) >= 11 is 2.33. The van der Waals surface area contributed by atoms with E-state index in [1.54, 1.807) is 12.1 Å². The Bertz CT molecular complexity index is 2700. The van der Waals surface area contributed by atoms with Crippen LogP contribution in [0.4, 0.5) is 0 Å². The molecule has 0 spiro atoms. The molecule has 2 N–H and O–H groups in total. The molecule has 0 fully saturated rings. The van der Waals surface area contributed by atoms with Gasteiger partial charge in [0.15, 0.2) is 0 Å². The number of benzene rings is 6. The molecule has 0 atom stereocenters. The standard InChI is InChI=1S/C58H65IO5/c1-55(2,3)45-26-37-22-38-27-46(56(4,5)6)29-40(51(38)61)24-43-32-48(58(10,11)12)33-44(53(43)64-54(62)36-16-14-13-15-17-36)25-42-31-47(57(7,8)9)30-41(23-39(28-45)50(37)60)52(42)63-34-35-18-20-49(59)21-19-35/h13-21,26-33,60-61H,22-25,34H2,1-12H3. The highest BCUT2D eigenvalue weighted by atomic mass is 127. The maximum Gasteiger partial charge on any atom is 0.343 e. The van der Waals surface area contributed by atoms with E-state index in [0.29, 0.717) is 43.6 Å². The van der Waals surface area contributed by atoms with Gasteiger partial charge in [0.1, 0.15) is 29.6 Å². The fraction of sp³-hybridized carbons (Fsp3) is 0.362. The van der Waals surface area contributed by atoms with E-state index < -0.39 is 5.97 Å². The highest BCUT2D eigenvalue weighted by Gasteiger charge is 2.29. The first-order valence-electron chi connectivity index (χ1n) is 22.5. The minimum atomic E-state index is -0.447. The molecule has 0 aliphatic heterocycles. The smallest absolute Gasteiger partial charge is 0.343 e. The number of fused-ring (bicyclic) bond motifs is 8. The molecule has 0 saturated heterocycles. The Morgan fingerprint density at radius 2 is 0.812 bits per heavy atom. The number of phenols is 2. The van der Waals surface area contributed by atoms with Gasteiger partial charge in [-0.1, -0.05) is 162 Å². The number of carbonyl (C=O) groups excluding carboxylic acids is 1. The summed E-state index contributed by atoms with van der Waals surface area (Å²) in [6, 6.07) is 34.8. The normalized spacial score (nSPS) is 13.4. The number of carbonyl (C=O) groups is 1. The highest BCUT2D eigenvalue weighted by molar-refractivity contribution is 14.1. The lowest BCUT2D eigenvalue weighted by atomic mass is 9.79. The molecule has 0 saturated carbocycles. The van der Waals surface area contributed by atoms with E-state index in [4.69, 9.17) is 9.47 Å². The SMILES string of the molecule is CC(C)(C)c1cc2c(O)c(c1)Cc1cc(C(C)(C)C)cc(c1OCc1ccc(I)cc1)Cc1cc(C(C)(C)C)cc(c1OC(=O)c1ccccc1)Cc1cc(C(C)(C)C)cc(c1O)C2. The lowest BCUT2D eigenvalue weighted by molar-refractivity contribution is 0.0731. The molecule has 6 aromatic rings. The van der Waals surface area contributed by atoms with Crippen LogP contribution in [0.2, 0.25) is 0 Å². The number of aromatic hydroxyl groups is 2. The summed E-state index contributed by atoms with van der Waals surface area (Å²) in [6.07, 6.45) is 1.42. The predicted molar refractivity (Wildman–Crippen MR) is 270 cm³/mol. The van der Waals surface area contributed by atoms with Crippen LogP contribution in [-0.4, -0.2) is 16.2 Å². The Labute approximate surface area is 395 Å². The first-order chi connectivity index (χ1) is 29.8. The van der Waals surface area contributed by atoms with Crippen molar-refractivity contribution >= 4 is 28.6 Å². The van der Waals surface area contributed by atoms with Gasteiger partial charge in [-0.15, -0.1) is 0 Å². The van der Waals surface area contributed by atoms with Crippen LogP contribution >= 0.6 is 22.6 Å². The van der Waals surface area contributed by atoms with Crippen molar-refractivity contribution in [3.63, 3.8) is 0 Å². The molecule has 0 amide bonds. The molecule has 6 heteroatoms. The van der Waals surface area contributed by atoms with Crippen LogP contribution in [0.3, 0.4) is 0 Å². The van der Waals surface area contributed by atoms with Gasteiger partial charge >= 0.3 is 5.97 Å². The number of rotatable bonds is 5. The summed E-state index contributed by atoms with van der Waals surface area (Å²) in [6.45, 7) is 26.8. The minimum absolute atomic E-state index is 0.177. The van der Waals surface area contributed by atoms with Crippen molar-refractivity contribution in [3.8, 4) is 23.0 Å². The lowest BCUT2D eigenvalue weighted by Crippen LogP contribution is -2.18. The fourth-order valence-corrected chi connectivity index (χ4v) is 8.78. The van der Waals surface area contributed by atoms with Crippen LogP contribution in [0.15, 0.2) is 103 Å². The van der Waals surface area contributed by atoms with Gasteiger partial charge in [0.2, 0.25) is 0 Å². The van der Waals surface area contributed by atoms with E-state index >= 15 is 0 Å². The third-order valence-electron chi connectivity index (χ3n) is 12.5. The van der Waals surface area contributed by atoms with E-state index in [1.165, 1.54) is 0 Å². The zero-order valence-electron chi connectivity index (χ0n) is 39.8. The summed E-state index contributed by atoms with van der Waals surface area (Å²) in [4.78, 5) is 14.2. The van der Waals surface area contributed by atoms with Crippen LogP contribution in [0, 0.1) is 3.57 Å². The van der Waals surface area contributed by atoms with Gasteiger partial charge in [-0.2, -0.15) is 0 Å². The summed E-state index contributed by atoms with van der Waals surface area (Å²) in [7, 11) is 0. The third kappa shape index (κ3) is 10.5. The molecule has 1 aliphatic carbocycles. The van der Waals surface area contributed by atoms with Crippen LogP contribution in [-0.2, 0) is 54.0 Å². The van der Waals surface area contributed by atoms with Gasteiger partial charge in [-0.3, -0.25) is 0 Å². The van der Waals surface area contributed by atoms with E-state index in [1.807, 2.05) is 18.2 Å². The summed E-state index contributed by atoms with van der Waals surface area (Å²) in [5.74, 6) is 1.19.